The molecule has 1 amide bonds. The fourth-order valence-electron chi connectivity index (χ4n) is 1.66. The number of carbonyl (C=O) groups excluding carboxylic acids is 1. The van der Waals surface area contributed by atoms with Crippen molar-refractivity contribution in [3.63, 3.8) is 0 Å². The lowest BCUT2D eigenvalue weighted by Gasteiger charge is -2.30. The van der Waals surface area contributed by atoms with Crippen LogP contribution in [-0.2, 0) is 4.79 Å². The summed E-state index contributed by atoms with van der Waals surface area (Å²) in [5.41, 5.74) is 0. The van der Waals surface area contributed by atoms with Crippen molar-refractivity contribution in [2.24, 2.45) is 0 Å². The zero-order valence-corrected chi connectivity index (χ0v) is 9.93. The van der Waals surface area contributed by atoms with Crippen molar-refractivity contribution in [1.82, 2.24) is 10.2 Å². The molecule has 1 rings (SSSR count). The Balaban J connectivity index is 2.27. The first kappa shape index (κ1) is 11.5. The van der Waals surface area contributed by atoms with Crippen LogP contribution in [0.2, 0.25) is 0 Å². The molecule has 0 aliphatic carbocycles. The van der Waals surface area contributed by atoms with Crippen molar-refractivity contribution >= 4 is 21.8 Å². The molecule has 78 valence electrons. The average Bonchev–Trinajstić information content (AvgIpc) is 2.19. The van der Waals surface area contributed by atoms with E-state index >= 15 is 0 Å². The van der Waals surface area contributed by atoms with Crippen molar-refractivity contribution < 1.29 is 4.79 Å². The van der Waals surface area contributed by atoms with E-state index in [1.807, 2.05) is 0 Å². The Morgan fingerprint density at radius 1 is 1.57 bits per heavy atom. The van der Waals surface area contributed by atoms with Gasteiger partial charge in [0.2, 0.25) is 0 Å². The van der Waals surface area contributed by atoms with Crippen molar-refractivity contribution in [3.8, 4) is 10.8 Å². The molecule has 0 aromatic carbocycles. The summed E-state index contributed by atoms with van der Waals surface area (Å²) >= 11 is 2.91. The molecule has 0 saturated carbocycles. The largest absolute Gasteiger partial charge is 0.342 e. The second-order valence-electron chi connectivity index (χ2n) is 3.40. The van der Waals surface area contributed by atoms with Crippen molar-refractivity contribution in [1.29, 1.82) is 0 Å². The van der Waals surface area contributed by atoms with Gasteiger partial charge in [0, 0.05) is 41.0 Å². The molecule has 0 unspecified atom stereocenters. The molecule has 1 aliphatic rings. The first-order valence-electron chi connectivity index (χ1n) is 4.90. The SMILES string of the molecule is CCN1CCC(NC(=O)C#CBr)CC1. The quantitative estimate of drug-likeness (QED) is 0.749. The second-order valence-corrected chi connectivity index (χ2v) is 3.80. The molecule has 4 heteroatoms. The van der Waals surface area contributed by atoms with Gasteiger partial charge >= 0.3 is 0 Å². The normalized spacial score (nSPS) is 18.4. The molecule has 0 atom stereocenters. The molecule has 3 nitrogen and oxygen atoms in total. The Morgan fingerprint density at radius 2 is 2.21 bits per heavy atom. The van der Waals surface area contributed by atoms with Crippen LogP contribution >= 0.6 is 15.9 Å². The highest BCUT2D eigenvalue weighted by atomic mass is 79.9. The minimum absolute atomic E-state index is 0.183. The molecule has 14 heavy (non-hydrogen) atoms. The third-order valence-electron chi connectivity index (χ3n) is 2.53. The summed E-state index contributed by atoms with van der Waals surface area (Å²) in [4.78, 5) is 15.9. The van der Waals surface area contributed by atoms with Gasteiger partial charge in [0.1, 0.15) is 0 Å². The molecule has 1 aliphatic heterocycles. The van der Waals surface area contributed by atoms with Gasteiger partial charge in [-0.2, -0.15) is 0 Å². The lowest BCUT2D eigenvalue weighted by atomic mass is 10.1. The smallest absolute Gasteiger partial charge is 0.296 e. The van der Waals surface area contributed by atoms with E-state index in [1.54, 1.807) is 0 Å². The number of halogens is 1. The highest BCUT2D eigenvalue weighted by Crippen LogP contribution is 2.09. The molecule has 1 saturated heterocycles. The van der Waals surface area contributed by atoms with Gasteiger partial charge in [-0.05, 0) is 24.2 Å². The molecule has 0 bridgehead atoms. The van der Waals surface area contributed by atoms with Crippen LogP contribution in [0.5, 0.6) is 0 Å². The highest BCUT2D eigenvalue weighted by molar-refractivity contribution is 9.12. The lowest BCUT2D eigenvalue weighted by Crippen LogP contribution is -2.44. The summed E-state index contributed by atoms with van der Waals surface area (Å²) in [6.45, 7) is 5.41. The van der Waals surface area contributed by atoms with Crippen molar-refractivity contribution in [3.05, 3.63) is 0 Å². The fourth-order valence-corrected chi connectivity index (χ4v) is 1.84. The maximum absolute atomic E-state index is 11.1. The first-order chi connectivity index (χ1) is 6.76. The number of piperidine rings is 1. The molecular weight excluding hydrogens is 244 g/mol. The summed E-state index contributed by atoms with van der Waals surface area (Å²) in [7, 11) is 0. The summed E-state index contributed by atoms with van der Waals surface area (Å²) in [5.74, 6) is 2.24. The first-order valence-corrected chi connectivity index (χ1v) is 5.70. The Kier molecular flexibility index (Phi) is 4.99. The Bertz CT molecular complexity index is 249. The molecule has 1 fully saturated rings. The number of carbonyl (C=O) groups is 1. The molecule has 0 aromatic rings. The number of hydrogen-bond donors (Lipinski definition) is 1. The third-order valence-corrected chi connectivity index (χ3v) is 2.73. The molecular formula is C10H15BrN2O. The van der Waals surface area contributed by atoms with Gasteiger partial charge in [-0.25, -0.2) is 0 Å². The van der Waals surface area contributed by atoms with Crippen LogP contribution in [-0.4, -0.2) is 36.5 Å². The van der Waals surface area contributed by atoms with Gasteiger partial charge in [0.05, 0.1) is 0 Å². The minimum Gasteiger partial charge on any atom is -0.342 e. The monoisotopic (exact) mass is 258 g/mol. The zero-order valence-electron chi connectivity index (χ0n) is 8.35. The second kappa shape index (κ2) is 6.05. The average molecular weight is 259 g/mol. The highest BCUT2D eigenvalue weighted by Gasteiger charge is 2.18. The summed E-state index contributed by atoms with van der Waals surface area (Å²) < 4.78 is 0. The third kappa shape index (κ3) is 3.69. The van der Waals surface area contributed by atoms with Crippen LogP contribution in [0.3, 0.4) is 0 Å². The Hall–Kier alpha value is -0.530. The predicted octanol–water partition coefficient (Wildman–Crippen LogP) is 0.943. The van der Waals surface area contributed by atoms with Gasteiger partial charge in [-0.3, -0.25) is 4.79 Å². The molecule has 1 heterocycles. The van der Waals surface area contributed by atoms with Crippen LogP contribution in [0.4, 0.5) is 0 Å². The number of rotatable bonds is 2. The summed E-state index contributed by atoms with van der Waals surface area (Å²) in [5, 5.41) is 2.90. The van der Waals surface area contributed by atoms with Gasteiger partial charge in [0.15, 0.2) is 0 Å². The van der Waals surface area contributed by atoms with E-state index < -0.39 is 0 Å². The van der Waals surface area contributed by atoms with E-state index in [0.29, 0.717) is 6.04 Å². The standard InChI is InChI=1S/C10H15BrN2O/c1-2-13-7-4-9(5-8-13)12-10(14)3-6-11/h9H,2,4-5,7-8H2,1H3,(H,12,14). The number of hydrogen-bond acceptors (Lipinski definition) is 2. The van der Waals surface area contributed by atoms with E-state index in [2.05, 4.69) is 43.8 Å². The minimum atomic E-state index is -0.183. The lowest BCUT2D eigenvalue weighted by molar-refractivity contribution is -0.116. The number of likely N-dealkylation sites (tertiary alicyclic amines) is 1. The molecule has 0 aromatic heterocycles. The van der Waals surface area contributed by atoms with E-state index in [9.17, 15) is 4.79 Å². The Labute approximate surface area is 93.4 Å². The van der Waals surface area contributed by atoms with E-state index in [1.165, 1.54) is 0 Å². The van der Waals surface area contributed by atoms with Gasteiger partial charge in [-0.1, -0.05) is 6.92 Å². The van der Waals surface area contributed by atoms with E-state index in [0.717, 1.165) is 32.5 Å². The zero-order chi connectivity index (χ0) is 10.4. The van der Waals surface area contributed by atoms with Crippen molar-refractivity contribution in [2.45, 2.75) is 25.8 Å². The van der Waals surface area contributed by atoms with Gasteiger partial charge in [-0.15, -0.1) is 0 Å². The maximum atomic E-state index is 11.1. The topological polar surface area (TPSA) is 32.3 Å². The van der Waals surface area contributed by atoms with Crippen molar-refractivity contribution in [2.75, 3.05) is 19.6 Å². The van der Waals surface area contributed by atoms with E-state index in [4.69, 9.17) is 0 Å². The van der Waals surface area contributed by atoms with Crippen LogP contribution in [0.1, 0.15) is 19.8 Å². The van der Waals surface area contributed by atoms with Crippen LogP contribution < -0.4 is 5.32 Å². The maximum Gasteiger partial charge on any atom is 0.296 e. The van der Waals surface area contributed by atoms with E-state index in [-0.39, 0.29) is 5.91 Å². The van der Waals surface area contributed by atoms with Gasteiger partial charge in [0.25, 0.3) is 5.91 Å². The molecule has 1 N–H and O–H groups in total. The fraction of sp³-hybridized carbons (Fsp3) is 0.700. The van der Waals surface area contributed by atoms with Crippen LogP contribution in [0.25, 0.3) is 0 Å². The number of nitrogens with zero attached hydrogens (tertiary/aromatic N) is 1. The van der Waals surface area contributed by atoms with Crippen LogP contribution in [0.15, 0.2) is 0 Å². The predicted molar refractivity (Wildman–Crippen MR) is 60.0 cm³/mol. The summed E-state index contributed by atoms with van der Waals surface area (Å²) in [6, 6.07) is 0.304. The Morgan fingerprint density at radius 3 is 2.71 bits per heavy atom. The summed E-state index contributed by atoms with van der Waals surface area (Å²) in [6.07, 6.45) is 2.06. The number of nitrogens with one attached hydrogen (secondary N) is 1. The molecule has 0 radical (unpaired) electrons. The number of amides is 1. The van der Waals surface area contributed by atoms with Gasteiger partial charge < -0.3 is 10.2 Å². The van der Waals surface area contributed by atoms with Crippen LogP contribution in [0, 0.1) is 10.8 Å². The molecule has 0 spiro atoms.